The molecule has 5 nitrogen and oxygen atoms in total. The number of hydrogen-bond acceptors (Lipinski definition) is 3. The first-order valence-electron chi connectivity index (χ1n) is 9.52. The van der Waals surface area contributed by atoms with Gasteiger partial charge < -0.3 is 14.5 Å². The van der Waals surface area contributed by atoms with Crippen LogP contribution in [-0.2, 0) is 16.0 Å². The topological polar surface area (TPSA) is 49.9 Å². The number of ether oxygens (including phenoxy) is 1. The molecular weight excluding hydrogens is 340 g/mol. The lowest BCUT2D eigenvalue weighted by Crippen LogP contribution is -2.41. The van der Waals surface area contributed by atoms with Crippen LogP contribution in [0.5, 0.6) is 5.75 Å². The van der Waals surface area contributed by atoms with Crippen molar-refractivity contribution in [1.82, 2.24) is 0 Å². The van der Waals surface area contributed by atoms with Crippen LogP contribution in [0.3, 0.4) is 0 Å². The molecule has 4 rings (SSSR count). The molecule has 0 radical (unpaired) electrons. The summed E-state index contributed by atoms with van der Waals surface area (Å²) in [4.78, 5) is 29.4. The molecule has 0 saturated carbocycles. The summed E-state index contributed by atoms with van der Waals surface area (Å²) in [6, 6.07) is 15.6. The van der Waals surface area contributed by atoms with Gasteiger partial charge in [-0.3, -0.25) is 9.59 Å². The van der Waals surface area contributed by atoms with Crippen LogP contribution in [0.2, 0.25) is 0 Å². The number of anilines is 2. The fourth-order valence-corrected chi connectivity index (χ4v) is 4.11. The van der Waals surface area contributed by atoms with Crippen LogP contribution < -0.4 is 14.5 Å². The van der Waals surface area contributed by atoms with Gasteiger partial charge in [-0.2, -0.15) is 0 Å². The second-order valence-corrected chi connectivity index (χ2v) is 7.22. The molecule has 0 N–H and O–H groups in total. The molecule has 2 aromatic carbocycles. The Morgan fingerprint density at radius 3 is 2.59 bits per heavy atom. The Labute approximate surface area is 159 Å². The van der Waals surface area contributed by atoms with Crippen LogP contribution in [0.15, 0.2) is 48.5 Å². The van der Waals surface area contributed by atoms with E-state index in [2.05, 4.69) is 13.0 Å². The SMILES string of the molecule is CCOc1ccc(N2C[C@@H](C(=O)N3c4ccccc4C[C@@H]3C)CC2=O)cc1. The van der Waals surface area contributed by atoms with Crippen LogP contribution in [0.1, 0.15) is 25.8 Å². The number of amides is 2. The number of rotatable bonds is 4. The minimum absolute atomic E-state index is 0.00218. The number of carbonyl (C=O) groups excluding carboxylic acids is 2. The van der Waals surface area contributed by atoms with Crippen molar-refractivity contribution in [3.8, 4) is 5.75 Å². The van der Waals surface area contributed by atoms with Gasteiger partial charge in [-0.25, -0.2) is 0 Å². The highest BCUT2D eigenvalue weighted by atomic mass is 16.5. The van der Waals surface area contributed by atoms with E-state index < -0.39 is 0 Å². The zero-order chi connectivity index (χ0) is 19.0. The van der Waals surface area contributed by atoms with Crippen molar-refractivity contribution >= 4 is 23.2 Å². The molecule has 2 amide bonds. The van der Waals surface area contributed by atoms with E-state index in [1.165, 1.54) is 5.56 Å². The second-order valence-electron chi connectivity index (χ2n) is 7.22. The van der Waals surface area contributed by atoms with Gasteiger partial charge in [-0.1, -0.05) is 18.2 Å². The molecule has 1 fully saturated rings. The minimum Gasteiger partial charge on any atom is -0.494 e. The molecule has 2 aromatic rings. The first-order valence-corrected chi connectivity index (χ1v) is 9.52. The molecule has 2 atom stereocenters. The number of fused-ring (bicyclic) bond motifs is 1. The smallest absolute Gasteiger partial charge is 0.232 e. The van der Waals surface area contributed by atoms with Crippen molar-refractivity contribution < 1.29 is 14.3 Å². The van der Waals surface area contributed by atoms with Gasteiger partial charge >= 0.3 is 0 Å². The minimum atomic E-state index is -0.308. The molecule has 2 aliphatic rings. The van der Waals surface area contributed by atoms with Crippen molar-refractivity contribution in [2.24, 2.45) is 5.92 Å². The Bertz CT molecular complexity index is 862. The molecule has 0 spiro atoms. The highest BCUT2D eigenvalue weighted by Gasteiger charge is 2.40. The maximum Gasteiger partial charge on any atom is 0.232 e. The monoisotopic (exact) mass is 364 g/mol. The van der Waals surface area contributed by atoms with Gasteiger partial charge in [0.05, 0.1) is 12.5 Å². The van der Waals surface area contributed by atoms with Crippen LogP contribution in [0.4, 0.5) is 11.4 Å². The highest BCUT2D eigenvalue weighted by molar-refractivity contribution is 6.05. The number of nitrogens with zero attached hydrogens (tertiary/aromatic N) is 2. The van der Waals surface area contributed by atoms with Gasteiger partial charge in [0.15, 0.2) is 0 Å². The maximum absolute atomic E-state index is 13.2. The average Bonchev–Trinajstić information content (AvgIpc) is 3.21. The summed E-state index contributed by atoms with van der Waals surface area (Å²) in [6.07, 6.45) is 1.13. The molecule has 2 heterocycles. The zero-order valence-electron chi connectivity index (χ0n) is 15.7. The number of hydrogen-bond donors (Lipinski definition) is 0. The van der Waals surface area contributed by atoms with Gasteiger partial charge in [-0.05, 0) is 56.2 Å². The molecule has 0 aliphatic carbocycles. The first-order chi connectivity index (χ1) is 13.1. The van der Waals surface area contributed by atoms with Crippen LogP contribution >= 0.6 is 0 Å². The largest absolute Gasteiger partial charge is 0.494 e. The summed E-state index contributed by atoms with van der Waals surface area (Å²) in [5.41, 5.74) is 3.00. The van der Waals surface area contributed by atoms with E-state index in [9.17, 15) is 9.59 Å². The Morgan fingerprint density at radius 1 is 1.11 bits per heavy atom. The van der Waals surface area contributed by atoms with Crippen molar-refractivity contribution in [1.29, 1.82) is 0 Å². The number of benzene rings is 2. The quantitative estimate of drug-likeness (QED) is 0.835. The Morgan fingerprint density at radius 2 is 1.85 bits per heavy atom. The van der Waals surface area contributed by atoms with E-state index >= 15 is 0 Å². The third kappa shape index (κ3) is 3.18. The van der Waals surface area contributed by atoms with Crippen molar-refractivity contribution in [3.05, 3.63) is 54.1 Å². The Hall–Kier alpha value is -2.82. The van der Waals surface area contributed by atoms with E-state index in [1.807, 2.05) is 54.3 Å². The highest BCUT2D eigenvalue weighted by Crippen LogP contribution is 2.35. The lowest BCUT2D eigenvalue weighted by molar-refractivity contribution is -0.124. The summed E-state index contributed by atoms with van der Waals surface area (Å²) in [5, 5.41) is 0. The van der Waals surface area contributed by atoms with Gasteiger partial charge in [0.25, 0.3) is 0 Å². The standard InChI is InChI=1S/C22H24N2O3/c1-3-27-19-10-8-18(9-11-19)23-14-17(13-21(23)25)22(26)24-15(2)12-16-6-4-5-7-20(16)24/h4-11,15,17H,3,12-14H2,1-2H3/t15-,17-/m0/s1. The predicted molar refractivity (Wildman–Crippen MR) is 105 cm³/mol. The summed E-state index contributed by atoms with van der Waals surface area (Å²) < 4.78 is 5.46. The van der Waals surface area contributed by atoms with Crippen LogP contribution in [0, 0.1) is 5.92 Å². The second kappa shape index (κ2) is 7.06. The molecule has 140 valence electrons. The van der Waals surface area contributed by atoms with E-state index in [4.69, 9.17) is 4.74 Å². The Kier molecular flexibility index (Phi) is 4.60. The van der Waals surface area contributed by atoms with Crippen molar-refractivity contribution in [2.45, 2.75) is 32.7 Å². The number of carbonyl (C=O) groups is 2. The van der Waals surface area contributed by atoms with E-state index in [0.29, 0.717) is 13.2 Å². The Balaban J connectivity index is 1.51. The van der Waals surface area contributed by atoms with E-state index in [-0.39, 0.29) is 30.2 Å². The average molecular weight is 364 g/mol. The van der Waals surface area contributed by atoms with E-state index in [1.54, 1.807) is 4.90 Å². The third-order valence-corrected chi connectivity index (χ3v) is 5.38. The summed E-state index contributed by atoms with van der Waals surface area (Å²) >= 11 is 0. The van der Waals surface area contributed by atoms with Crippen LogP contribution in [-0.4, -0.2) is 31.0 Å². The predicted octanol–water partition coefficient (Wildman–Crippen LogP) is 3.42. The molecule has 0 bridgehead atoms. The van der Waals surface area contributed by atoms with Gasteiger partial charge in [-0.15, -0.1) is 0 Å². The molecule has 0 aromatic heterocycles. The van der Waals surface area contributed by atoms with Crippen molar-refractivity contribution in [3.63, 3.8) is 0 Å². The molecule has 27 heavy (non-hydrogen) atoms. The number of para-hydroxylation sites is 1. The van der Waals surface area contributed by atoms with Crippen LogP contribution in [0.25, 0.3) is 0 Å². The van der Waals surface area contributed by atoms with Gasteiger partial charge in [0.1, 0.15) is 5.75 Å². The lowest BCUT2D eigenvalue weighted by atomic mass is 10.1. The van der Waals surface area contributed by atoms with Crippen molar-refractivity contribution in [2.75, 3.05) is 23.0 Å². The summed E-state index contributed by atoms with van der Waals surface area (Å²) in [5.74, 6) is 0.521. The summed E-state index contributed by atoms with van der Waals surface area (Å²) in [6.45, 7) is 5.04. The normalized spacial score (nSPS) is 21.5. The fourth-order valence-electron chi connectivity index (χ4n) is 4.11. The van der Waals surface area contributed by atoms with E-state index in [0.717, 1.165) is 23.5 Å². The molecule has 1 saturated heterocycles. The molecule has 2 aliphatic heterocycles. The molecule has 5 heteroatoms. The molecular formula is C22H24N2O3. The van der Waals surface area contributed by atoms with Gasteiger partial charge in [0.2, 0.25) is 11.8 Å². The summed E-state index contributed by atoms with van der Waals surface area (Å²) in [7, 11) is 0. The fraction of sp³-hybridized carbons (Fsp3) is 0.364. The lowest BCUT2D eigenvalue weighted by Gasteiger charge is -2.26. The third-order valence-electron chi connectivity index (χ3n) is 5.38. The maximum atomic E-state index is 13.2. The van der Waals surface area contributed by atoms with Gasteiger partial charge in [0, 0.05) is 30.4 Å². The first kappa shape index (κ1) is 17.6. The zero-order valence-corrected chi connectivity index (χ0v) is 15.7. The molecule has 0 unspecified atom stereocenters.